The Labute approximate surface area is 84.9 Å². The van der Waals surface area contributed by atoms with Crippen molar-refractivity contribution in [1.82, 2.24) is 4.98 Å². The van der Waals surface area contributed by atoms with Crippen LogP contribution in [-0.4, -0.2) is 11.3 Å². The van der Waals surface area contributed by atoms with Gasteiger partial charge in [-0.2, -0.15) is 13.2 Å². The number of rotatable bonds is 2. The van der Waals surface area contributed by atoms with E-state index in [9.17, 15) is 31.1 Å². The van der Waals surface area contributed by atoms with E-state index < -0.39 is 35.2 Å². The van der Waals surface area contributed by atoms with E-state index in [0.717, 1.165) is 0 Å². The van der Waals surface area contributed by atoms with E-state index in [1.165, 1.54) is 0 Å². The molecule has 0 saturated heterocycles. The smallest absolute Gasteiger partial charge is 0.298 e. The number of aromatic nitrogens is 1. The average Bonchev–Trinajstić information content (AvgIpc) is 2.14. The highest BCUT2D eigenvalue weighted by Gasteiger charge is 2.41. The number of carbonyl (C=O) groups excluding carboxylic acids is 1. The summed E-state index contributed by atoms with van der Waals surface area (Å²) < 4.78 is 74.1. The van der Waals surface area contributed by atoms with Gasteiger partial charge in [0.25, 0.3) is 6.43 Å². The second-order valence-electron chi connectivity index (χ2n) is 2.70. The van der Waals surface area contributed by atoms with Crippen LogP contribution in [0.25, 0.3) is 0 Å². The summed E-state index contributed by atoms with van der Waals surface area (Å²) in [6.07, 6.45) is -8.81. The Morgan fingerprint density at radius 3 is 2.25 bits per heavy atom. The van der Waals surface area contributed by atoms with Gasteiger partial charge in [-0.15, -0.1) is 0 Å². The fraction of sp³-hybridized carbons (Fsp3) is 0.250. The summed E-state index contributed by atoms with van der Waals surface area (Å²) in [5, 5.41) is 0. The zero-order valence-corrected chi connectivity index (χ0v) is 7.36. The van der Waals surface area contributed by atoms with Crippen LogP contribution in [0, 0.1) is 5.82 Å². The molecule has 88 valence electrons. The third-order valence-corrected chi connectivity index (χ3v) is 1.69. The van der Waals surface area contributed by atoms with Crippen molar-refractivity contribution in [1.29, 1.82) is 0 Å². The Morgan fingerprint density at radius 2 is 1.88 bits per heavy atom. The lowest BCUT2D eigenvalue weighted by molar-refractivity contribution is -0.142. The Kier molecular flexibility index (Phi) is 3.20. The molecule has 0 amide bonds. The number of hydrogen-bond acceptors (Lipinski definition) is 2. The first-order valence-corrected chi connectivity index (χ1v) is 3.78. The van der Waals surface area contributed by atoms with Gasteiger partial charge in [0.05, 0.1) is 5.56 Å². The second-order valence-corrected chi connectivity index (χ2v) is 2.70. The van der Waals surface area contributed by atoms with Gasteiger partial charge < -0.3 is 0 Å². The minimum atomic E-state index is -5.33. The van der Waals surface area contributed by atoms with E-state index in [1.54, 1.807) is 0 Å². The van der Waals surface area contributed by atoms with Crippen LogP contribution in [0.3, 0.4) is 0 Å². The maximum absolute atomic E-state index is 13.1. The van der Waals surface area contributed by atoms with Crippen LogP contribution in [0.5, 0.6) is 0 Å². The van der Waals surface area contributed by atoms with Crippen molar-refractivity contribution in [2.75, 3.05) is 0 Å². The van der Waals surface area contributed by atoms with Crippen molar-refractivity contribution < 1.29 is 31.1 Å². The SMILES string of the molecule is O=Cc1cnc(C(F)F)c(C(F)(F)F)c1F. The van der Waals surface area contributed by atoms with Crippen molar-refractivity contribution in [2.24, 2.45) is 0 Å². The lowest BCUT2D eigenvalue weighted by Gasteiger charge is -2.12. The summed E-state index contributed by atoms with van der Waals surface area (Å²) in [7, 11) is 0. The fourth-order valence-corrected chi connectivity index (χ4v) is 1.03. The number of aldehydes is 1. The predicted molar refractivity (Wildman–Crippen MR) is 39.5 cm³/mol. The van der Waals surface area contributed by atoms with Gasteiger partial charge in [-0.25, -0.2) is 13.2 Å². The molecule has 0 saturated carbocycles. The molecule has 0 radical (unpaired) electrons. The number of halogens is 6. The summed E-state index contributed by atoms with van der Waals surface area (Å²) in [6, 6.07) is 0. The van der Waals surface area contributed by atoms with Gasteiger partial charge in [-0.05, 0) is 0 Å². The van der Waals surface area contributed by atoms with Gasteiger partial charge in [0, 0.05) is 6.20 Å². The van der Waals surface area contributed by atoms with Gasteiger partial charge in [-0.3, -0.25) is 9.78 Å². The summed E-state index contributed by atoms with van der Waals surface area (Å²) in [5.74, 6) is -2.03. The monoisotopic (exact) mass is 243 g/mol. The van der Waals surface area contributed by atoms with Crippen LogP contribution in [0.15, 0.2) is 6.20 Å². The summed E-state index contributed by atoms with van der Waals surface area (Å²) in [6.45, 7) is 0. The third kappa shape index (κ3) is 2.15. The average molecular weight is 243 g/mol. The van der Waals surface area contributed by atoms with E-state index in [0.29, 0.717) is 6.20 Å². The third-order valence-electron chi connectivity index (χ3n) is 1.69. The zero-order chi connectivity index (χ0) is 12.5. The van der Waals surface area contributed by atoms with E-state index in [2.05, 4.69) is 4.98 Å². The van der Waals surface area contributed by atoms with Crippen molar-refractivity contribution in [3.8, 4) is 0 Å². The largest absolute Gasteiger partial charge is 0.421 e. The minimum absolute atomic E-state index is 0.229. The van der Waals surface area contributed by atoms with E-state index >= 15 is 0 Å². The predicted octanol–water partition coefficient (Wildman–Crippen LogP) is 2.99. The zero-order valence-electron chi connectivity index (χ0n) is 7.36. The van der Waals surface area contributed by atoms with Crippen LogP contribution in [-0.2, 0) is 6.18 Å². The molecule has 0 aromatic carbocycles. The lowest BCUT2D eigenvalue weighted by Crippen LogP contribution is -2.16. The van der Waals surface area contributed by atoms with E-state index in [1.807, 2.05) is 0 Å². The van der Waals surface area contributed by atoms with Crippen molar-refractivity contribution in [3.63, 3.8) is 0 Å². The first-order chi connectivity index (χ1) is 7.29. The molecule has 0 fully saturated rings. The summed E-state index contributed by atoms with van der Waals surface area (Å²) >= 11 is 0. The van der Waals surface area contributed by atoms with Crippen molar-refractivity contribution in [3.05, 3.63) is 28.8 Å². The maximum Gasteiger partial charge on any atom is 0.421 e. The molecule has 1 rings (SSSR count). The lowest BCUT2D eigenvalue weighted by atomic mass is 10.1. The first-order valence-electron chi connectivity index (χ1n) is 3.78. The number of nitrogens with zero attached hydrogens (tertiary/aromatic N) is 1. The Bertz CT molecular complexity index is 414. The molecule has 8 heteroatoms. The number of pyridine rings is 1. The highest BCUT2D eigenvalue weighted by Crippen LogP contribution is 2.37. The van der Waals surface area contributed by atoms with Gasteiger partial charge in [-0.1, -0.05) is 0 Å². The molecular weight excluding hydrogens is 240 g/mol. The van der Waals surface area contributed by atoms with Gasteiger partial charge >= 0.3 is 6.18 Å². The van der Waals surface area contributed by atoms with Crippen LogP contribution in [0.1, 0.15) is 28.0 Å². The molecular formula is C8H3F6NO. The topological polar surface area (TPSA) is 30.0 Å². The molecule has 16 heavy (non-hydrogen) atoms. The standard InChI is InChI=1S/C8H3F6NO/c9-5-3(2-16)1-15-6(7(10)11)4(5)8(12,13)14/h1-2,7H. The maximum atomic E-state index is 13.1. The van der Waals surface area contributed by atoms with E-state index in [-0.39, 0.29) is 6.29 Å². The summed E-state index contributed by atoms with van der Waals surface area (Å²) in [5.41, 5.74) is -4.94. The van der Waals surface area contributed by atoms with Gasteiger partial charge in [0.1, 0.15) is 17.1 Å². The Balaban J connectivity index is 3.56. The first kappa shape index (κ1) is 12.5. The molecule has 0 aliphatic rings. The fourth-order valence-electron chi connectivity index (χ4n) is 1.03. The molecule has 0 spiro atoms. The highest BCUT2D eigenvalue weighted by molar-refractivity contribution is 5.75. The molecule has 0 atom stereocenters. The molecule has 0 unspecified atom stereocenters. The van der Waals surface area contributed by atoms with Crippen LogP contribution >= 0.6 is 0 Å². The number of carbonyl (C=O) groups is 1. The molecule has 0 N–H and O–H groups in total. The van der Waals surface area contributed by atoms with Crippen molar-refractivity contribution in [2.45, 2.75) is 12.6 Å². The molecule has 0 aliphatic heterocycles. The molecule has 1 aromatic heterocycles. The van der Waals surface area contributed by atoms with Crippen LogP contribution in [0.4, 0.5) is 26.3 Å². The summed E-state index contributed by atoms with van der Waals surface area (Å²) in [4.78, 5) is 12.9. The molecule has 1 aromatic rings. The highest BCUT2D eigenvalue weighted by atomic mass is 19.4. The Hall–Kier alpha value is -1.60. The van der Waals surface area contributed by atoms with Gasteiger partial charge in [0.2, 0.25) is 0 Å². The minimum Gasteiger partial charge on any atom is -0.298 e. The number of alkyl halides is 5. The van der Waals surface area contributed by atoms with Crippen LogP contribution < -0.4 is 0 Å². The van der Waals surface area contributed by atoms with Gasteiger partial charge in [0.15, 0.2) is 6.29 Å². The second kappa shape index (κ2) is 4.11. The molecule has 0 aliphatic carbocycles. The normalized spacial score (nSPS) is 11.9. The number of hydrogen-bond donors (Lipinski definition) is 0. The molecule has 1 heterocycles. The van der Waals surface area contributed by atoms with Crippen molar-refractivity contribution >= 4 is 6.29 Å². The molecule has 0 bridgehead atoms. The molecule has 2 nitrogen and oxygen atoms in total. The van der Waals surface area contributed by atoms with E-state index in [4.69, 9.17) is 0 Å². The quantitative estimate of drug-likeness (QED) is 0.590. The Morgan fingerprint density at radius 1 is 1.31 bits per heavy atom. The van der Waals surface area contributed by atoms with Crippen LogP contribution in [0.2, 0.25) is 0 Å².